The van der Waals surface area contributed by atoms with Gasteiger partial charge in [-0.25, -0.2) is 9.79 Å². The third-order valence-electron chi connectivity index (χ3n) is 4.22. The molecule has 2 aromatic rings. The van der Waals surface area contributed by atoms with Crippen molar-refractivity contribution in [2.75, 3.05) is 6.61 Å². The topological polar surface area (TPSA) is 117 Å². The number of carboxylic acid groups (broad SMARTS) is 1. The largest absolute Gasteiger partial charge is 0.506 e. The molecule has 0 aromatic heterocycles. The zero-order valence-corrected chi connectivity index (χ0v) is 18.0. The number of benzene rings is 2. The first kappa shape index (κ1) is 22.2. The molecule has 0 aliphatic carbocycles. The average molecular weight is 442 g/mol. The molecule has 9 heteroatoms. The average Bonchev–Trinajstić information content (AvgIpc) is 3.05. The molecule has 1 aliphatic heterocycles. The van der Waals surface area contributed by atoms with Crippen LogP contribution in [0.25, 0.3) is 6.08 Å². The number of nitrogens with one attached hydrogen (secondary N) is 1. The number of hydrogen-bond acceptors (Lipinski definition) is 7. The second kappa shape index (κ2) is 9.57. The number of aryl methyl sites for hydroxylation is 1. The van der Waals surface area contributed by atoms with Gasteiger partial charge in [-0.3, -0.25) is 4.79 Å². The highest BCUT2D eigenvalue weighted by atomic mass is 32.2. The van der Waals surface area contributed by atoms with E-state index in [9.17, 15) is 14.7 Å². The first-order valence-electron chi connectivity index (χ1n) is 9.52. The van der Waals surface area contributed by atoms with Crippen molar-refractivity contribution in [1.29, 1.82) is 0 Å². The van der Waals surface area contributed by atoms with Crippen LogP contribution >= 0.6 is 11.8 Å². The monoisotopic (exact) mass is 442 g/mol. The number of carbonyl (C=O) groups excluding carboxylic acids is 1. The summed E-state index contributed by atoms with van der Waals surface area (Å²) in [5, 5.41) is 22.1. The highest BCUT2D eigenvalue weighted by molar-refractivity contribution is 8.18. The molecule has 8 nitrogen and oxygen atoms in total. The first-order chi connectivity index (χ1) is 14.8. The number of phenolic OH excluding ortho intramolecular Hbond substituents is 1. The van der Waals surface area contributed by atoms with Gasteiger partial charge in [0.25, 0.3) is 5.91 Å². The van der Waals surface area contributed by atoms with Crippen molar-refractivity contribution in [2.24, 2.45) is 4.99 Å². The van der Waals surface area contributed by atoms with Crippen LogP contribution < -0.4 is 14.8 Å². The summed E-state index contributed by atoms with van der Waals surface area (Å²) in [6, 6.07) is 10.0. The molecule has 0 spiro atoms. The number of aliphatic carboxylic acids is 1. The fourth-order valence-electron chi connectivity index (χ4n) is 2.69. The SMILES string of the molecule is CCOc1cc(/C=C2/SC(=Nc3cc(C)ccc3O)NC2=O)ccc1OC(C)C(=O)O. The van der Waals surface area contributed by atoms with E-state index in [0.717, 1.165) is 17.3 Å². The smallest absolute Gasteiger partial charge is 0.344 e. The fourth-order valence-corrected chi connectivity index (χ4v) is 3.52. The van der Waals surface area contributed by atoms with Crippen LogP contribution in [0.15, 0.2) is 46.3 Å². The number of hydrogen-bond donors (Lipinski definition) is 3. The Hall–Kier alpha value is -3.46. The standard InChI is InChI=1S/C22H22N2O6S/c1-4-29-18-10-14(6-8-17(18)30-13(3)21(27)28)11-19-20(26)24-22(31-19)23-15-9-12(2)5-7-16(15)25/h5-11,13,25H,4H2,1-3H3,(H,27,28)(H,23,24,26)/b19-11+. The molecule has 31 heavy (non-hydrogen) atoms. The van der Waals surface area contributed by atoms with Crippen LogP contribution in [0.4, 0.5) is 5.69 Å². The number of nitrogens with zero attached hydrogens (tertiary/aromatic N) is 1. The number of phenols is 1. The number of carboxylic acids is 1. The Kier molecular flexibility index (Phi) is 6.86. The molecule has 1 fully saturated rings. The Morgan fingerprint density at radius 2 is 2.03 bits per heavy atom. The molecule has 3 N–H and O–H groups in total. The number of thioether (sulfide) groups is 1. The maximum atomic E-state index is 12.4. The van der Waals surface area contributed by atoms with Gasteiger partial charge < -0.3 is 25.0 Å². The molecule has 1 heterocycles. The van der Waals surface area contributed by atoms with Gasteiger partial charge >= 0.3 is 5.97 Å². The maximum absolute atomic E-state index is 12.4. The first-order valence-corrected chi connectivity index (χ1v) is 10.3. The van der Waals surface area contributed by atoms with Gasteiger partial charge in [0.05, 0.1) is 11.5 Å². The number of rotatable bonds is 7. The maximum Gasteiger partial charge on any atom is 0.344 e. The van der Waals surface area contributed by atoms with Crippen LogP contribution in [0.5, 0.6) is 17.2 Å². The molecule has 162 valence electrons. The number of amidine groups is 1. The lowest BCUT2D eigenvalue weighted by Crippen LogP contribution is -2.23. The summed E-state index contributed by atoms with van der Waals surface area (Å²) >= 11 is 1.15. The van der Waals surface area contributed by atoms with E-state index in [1.165, 1.54) is 6.92 Å². The van der Waals surface area contributed by atoms with Crippen molar-refractivity contribution in [3.63, 3.8) is 0 Å². The molecule has 1 unspecified atom stereocenters. The number of aliphatic imine (C=N–C) groups is 1. The molecule has 1 amide bonds. The van der Waals surface area contributed by atoms with Gasteiger partial charge in [-0.1, -0.05) is 12.1 Å². The number of carbonyl (C=O) groups is 2. The summed E-state index contributed by atoms with van der Waals surface area (Å²) in [5.74, 6) is -0.683. The lowest BCUT2D eigenvalue weighted by atomic mass is 10.2. The molecule has 0 radical (unpaired) electrons. The van der Waals surface area contributed by atoms with Crippen molar-refractivity contribution in [3.8, 4) is 17.2 Å². The lowest BCUT2D eigenvalue weighted by molar-refractivity contribution is -0.144. The highest BCUT2D eigenvalue weighted by Gasteiger charge is 2.24. The second-order valence-electron chi connectivity index (χ2n) is 6.71. The van der Waals surface area contributed by atoms with Gasteiger partial charge in [-0.2, -0.15) is 0 Å². The van der Waals surface area contributed by atoms with Gasteiger partial charge in [0, 0.05) is 0 Å². The van der Waals surface area contributed by atoms with Crippen LogP contribution in [0.2, 0.25) is 0 Å². The van der Waals surface area contributed by atoms with Crippen LogP contribution in [0, 0.1) is 6.92 Å². The molecule has 0 saturated carbocycles. The van der Waals surface area contributed by atoms with Crippen molar-refractivity contribution in [3.05, 3.63) is 52.4 Å². The normalized spacial score (nSPS) is 16.9. The van der Waals surface area contributed by atoms with E-state index in [2.05, 4.69) is 10.3 Å². The lowest BCUT2D eigenvalue weighted by Gasteiger charge is -2.15. The number of amides is 1. The van der Waals surface area contributed by atoms with Crippen molar-refractivity contribution in [2.45, 2.75) is 26.9 Å². The fraction of sp³-hybridized carbons (Fsp3) is 0.227. The Labute approximate surface area is 183 Å². The molecule has 1 aliphatic rings. The van der Waals surface area contributed by atoms with E-state index in [-0.39, 0.29) is 11.7 Å². The minimum absolute atomic E-state index is 0.0258. The van der Waals surface area contributed by atoms with E-state index in [1.807, 2.05) is 6.92 Å². The zero-order chi connectivity index (χ0) is 22.5. The molecule has 2 aromatic carbocycles. The summed E-state index contributed by atoms with van der Waals surface area (Å²) in [6.45, 7) is 5.48. The Bertz CT molecular complexity index is 1080. The van der Waals surface area contributed by atoms with Crippen molar-refractivity contribution in [1.82, 2.24) is 5.32 Å². The summed E-state index contributed by atoms with van der Waals surface area (Å²) in [7, 11) is 0. The number of ether oxygens (including phenoxy) is 2. The van der Waals surface area contributed by atoms with E-state index >= 15 is 0 Å². The molecule has 1 saturated heterocycles. The summed E-state index contributed by atoms with van der Waals surface area (Å²) in [5.41, 5.74) is 1.98. The summed E-state index contributed by atoms with van der Waals surface area (Å²) < 4.78 is 11.0. The Morgan fingerprint density at radius 3 is 2.74 bits per heavy atom. The van der Waals surface area contributed by atoms with E-state index in [1.54, 1.807) is 49.4 Å². The van der Waals surface area contributed by atoms with Gasteiger partial charge in [0.15, 0.2) is 22.8 Å². The third-order valence-corrected chi connectivity index (χ3v) is 5.13. The van der Waals surface area contributed by atoms with Gasteiger partial charge in [0.1, 0.15) is 11.4 Å². The molecular formula is C22H22N2O6S. The second-order valence-corrected chi connectivity index (χ2v) is 7.74. The van der Waals surface area contributed by atoms with Crippen molar-refractivity contribution >= 4 is 40.6 Å². The Balaban J connectivity index is 1.84. The Morgan fingerprint density at radius 1 is 1.26 bits per heavy atom. The van der Waals surface area contributed by atoms with Crippen molar-refractivity contribution < 1.29 is 29.3 Å². The van der Waals surface area contributed by atoms with Crippen LogP contribution in [0.1, 0.15) is 25.0 Å². The predicted octanol–water partition coefficient (Wildman–Crippen LogP) is 3.84. The van der Waals surface area contributed by atoms with Gasteiger partial charge in [-0.15, -0.1) is 0 Å². The van der Waals surface area contributed by atoms with Gasteiger partial charge in [0.2, 0.25) is 0 Å². The number of aromatic hydroxyl groups is 1. The van der Waals surface area contributed by atoms with Gasteiger partial charge in [-0.05, 0) is 74.0 Å². The van der Waals surface area contributed by atoms with Crippen LogP contribution in [-0.4, -0.2) is 40.0 Å². The van der Waals surface area contributed by atoms with Crippen LogP contribution in [0.3, 0.4) is 0 Å². The minimum Gasteiger partial charge on any atom is -0.506 e. The minimum atomic E-state index is -1.08. The van der Waals surface area contributed by atoms with Crippen LogP contribution in [-0.2, 0) is 9.59 Å². The molecule has 3 rings (SSSR count). The molecule has 1 atom stereocenters. The quantitative estimate of drug-likeness (QED) is 0.558. The third kappa shape index (κ3) is 5.58. The van der Waals surface area contributed by atoms with E-state index in [4.69, 9.17) is 14.6 Å². The predicted molar refractivity (Wildman–Crippen MR) is 119 cm³/mol. The zero-order valence-electron chi connectivity index (χ0n) is 17.2. The van der Waals surface area contributed by atoms with E-state index in [0.29, 0.717) is 39.4 Å². The summed E-state index contributed by atoms with van der Waals surface area (Å²) in [4.78, 5) is 28.2. The highest BCUT2D eigenvalue weighted by Crippen LogP contribution is 2.34. The summed E-state index contributed by atoms with van der Waals surface area (Å²) in [6.07, 6.45) is 0.641. The molecule has 0 bridgehead atoms. The van der Waals surface area contributed by atoms with E-state index < -0.39 is 12.1 Å². The molecular weight excluding hydrogens is 420 g/mol.